The third-order valence-corrected chi connectivity index (χ3v) is 3.81. The lowest BCUT2D eigenvalue weighted by atomic mass is 9.97. The maximum Gasteiger partial charge on any atom is 0.256 e. The first-order valence-electron chi connectivity index (χ1n) is 6.29. The van der Waals surface area contributed by atoms with E-state index in [-0.39, 0.29) is 5.56 Å². The van der Waals surface area contributed by atoms with Gasteiger partial charge in [0.2, 0.25) is 0 Å². The highest BCUT2D eigenvalue weighted by atomic mass is 16.1. The zero-order chi connectivity index (χ0) is 12.4. The lowest BCUT2D eigenvalue weighted by Gasteiger charge is -2.29. The highest BCUT2D eigenvalue weighted by Crippen LogP contribution is 2.17. The molecule has 0 bridgehead atoms. The van der Waals surface area contributed by atoms with Crippen LogP contribution in [0.15, 0.2) is 11.1 Å². The molecule has 0 unspecified atom stereocenters. The Morgan fingerprint density at radius 1 is 1.35 bits per heavy atom. The summed E-state index contributed by atoms with van der Waals surface area (Å²) in [5, 5.41) is 0. The van der Waals surface area contributed by atoms with Gasteiger partial charge in [-0.15, -0.1) is 0 Å². The zero-order valence-electron chi connectivity index (χ0n) is 10.9. The van der Waals surface area contributed by atoms with E-state index in [4.69, 9.17) is 0 Å². The third kappa shape index (κ3) is 2.75. The number of hydrogen-bond acceptors (Lipinski definition) is 3. The van der Waals surface area contributed by atoms with Crippen LogP contribution >= 0.6 is 0 Å². The number of aromatic nitrogens is 2. The topological polar surface area (TPSA) is 38.1 Å². The lowest BCUT2D eigenvalue weighted by Crippen LogP contribution is -2.34. The molecule has 2 rings (SSSR count). The standard InChI is InChI=1S/C13H21N3O/c1-10-11(2)14-9-16(13(10)17)8-12-4-6-15(3)7-5-12/h9,12H,4-8H2,1-3H3. The molecule has 1 aliphatic heterocycles. The van der Waals surface area contributed by atoms with Crippen LogP contribution in [0.4, 0.5) is 0 Å². The summed E-state index contributed by atoms with van der Waals surface area (Å²) in [5.41, 5.74) is 1.74. The molecular formula is C13H21N3O. The van der Waals surface area contributed by atoms with Gasteiger partial charge >= 0.3 is 0 Å². The molecule has 1 aromatic heterocycles. The quantitative estimate of drug-likeness (QED) is 0.773. The van der Waals surface area contributed by atoms with Gasteiger partial charge in [-0.25, -0.2) is 4.98 Å². The lowest BCUT2D eigenvalue weighted by molar-refractivity contribution is 0.203. The second-order valence-electron chi connectivity index (χ2n) is 5.16. The number of hydrogen-bond donors (Lipinski definition) is 0. The summed E-state index contributed by atoms with van der Waals surface area (Å²) in [6.07, 6.45) is 4.05. The van der Waals surface area contributed by atoms with Gasteiger partial charge in [0, 0.05) is 17.8 Å². The molecule has 0 spiro atoms. The Labute approximate surface area is 102 Å². The van der Waals surface area contributed by atoms with Gasteiger partial charge in [-0.05, 0) is 52.7 Å². The van der Waals surface area contributed by atoms with Crippen molar-refractivity contribution in [2.45, 2.75) is 33.2 Å². The van der Waals surface area contributed by atoms with Crippen molar-refractivity contribution in [3.05, 3.63) is 27.9 Å². The van der Waals surface area contributed by atoms with Crippen LogP contribution in [-0.2, 0) is 6.54 Å². The Kier molecular flexibility index (Phi) is 3.62. The predicted molar refractivity (Wildman–Crippen MR) is 68.2 cm³/mol. The van der Waals surface area contributed by atoms with Gasteiger partial charge in [0.25, 0.3) is 5.56 Å². The van der Waals surface area contributed by atoms with Crippen LogP contribution in [0.25, 0.3) is 0 Å². The van der Waals surface area contributed by atoms with E-state index in [1.165, 1.54) is 12.8 Å². The SMILES string of the molecule is Cc1ncn(CC2CCN(C)CC2)c(=O)c1C. The average molecular weight is 235 g/mol. The van der Waals surface area contributed by atoms with Crippen LogP contribution in [-0.4, -0.2) is 34.6 Å². The van der Waals surface area contributed by atoms with Crippen molar-refractivity contribution in [3.63, 3.8) is 0 Å². The normalized spacial score (nSPS) is 18.5. The maximum absolute atomic E-state index is 12.0. The minimum atomic E-state index is 0.122. The van der Waals surface area contributed by atoms with Crippen molar-refractivity contribution in [2.75, 3.05) is 20.1 Å². The molecule has 1 saturated heterocycles. The van der Waals surface area contributed by atoms with E-state index < -0.39 is 0 Å². The molecule has 4 nitrogen and oxygen atoms in total. The number of likely N-dealkylation sites (tertiary alicyclic amines) is 1. The van der Waals surface area contributed by atoms with Crippen molar-refractivity contribution in [2.24, 2.45) is 5.92 Å². The van der Waals surface area contributed by atoms with E-state index in [1.54, 1.807) is 10.9 Å². The monoisotopic (exact) mass is 235 g/mol. The average Bonchev–Trinajstić information content (AvgIpc) is 2.33. The van der Waals surface area contributed by atoms with Crippen LogP contribution in [0.3, 0.4) is 0 Å². The molecule has 0 atom stereocenters. The minimum absolute atomic E-state index is 0.122. The van der Waals surface area contributed by atoms with E-state index in [0.717, 1.165) is 30.9 Å². The molecule has 0 amide bonds. The molecule has 1 fully saturated rings. The first kappa shape index (κ1) is 12.3. The van der Waals surface area contributed by atoms with E-state index in [0.29, 0.717) is 5.92 Å². The first-order valence-corrected chi connectivity index (χ1v) is 6.29. The number of piperidine rings is 1. The highest BCUT2D eigenvalue weighted by Gasteiger charge is 2.17. The van der Waals surface area contributed by atoms with Crippen molar-refractivity contribution in [3.8, 4) is 0 Å². The number of aryl methyl sites for hydroxylation is 1. The molecule has 4 heteroatoms. The fourth-order valence-corrected chi connectivity index (χ4v) is 2.33. The first-order chi connectivity index (χ1) is 8.08. The fourth-order valence-electron chi connectivity index (χ4n) is 2.33. The summed E-state index contributed by atoms with van der Waals surface area (Å²) in [6.45, 7) is 6.84. The molecule has 1 aliphatic rings. The zero-order valence-corrected chi connectivity index (χ0v) is 10.9. The van der Waals surface area contributed by atoms with Gasteiger partial charge in [0.15, 0.2) is 0 Å². The maximum atomic E-state index is 12.0. The Morgan fingerprint density at radius 2 is 2.00 bits per heavy atom. The fraction of sp³-hybridized carbons (Fsp3) is 0.692. The molecule has 2 heterocycles. The van der Waals surface area contributed by atoms with Crippen molar-refractivity contribution >= 4 is 0 Å². The molecule has 0 aliphatic carbocycles. The molecule has 1 aromatic rings. The van der Waals surface area contributed by atoms with Crippen molar-refractivity contribution < 1.29 is 0 Å². The summed E-state index contributed by atoms with van der Waals surface area (Å²) >= 11 is 0. The Balaban J connectivity index is 2.09. The summed E-state index contributed by atoms with van der Waals surface area (Å²) in [4.78, 5) is 18.7. The molecule has 17 heavy (non-hydrogen) atoms. The molecular weight excluding hydrogens is 214 g/mol. The number of rotatable bonds is 2. The summed E-state index contributed by atoms with van der Waals surface area (Å²) in [6, 6.07) is 0. The van der Waals surface area contributed by atoms with E-state index in [1.807, 2.05) is 13.8 Å². The van der Waals surface area contributed by atoms with Crippen LogP contribution in [0.1, 0.15) is 24.1 Å². The molecule has 0 saturated carbocycles. The second-order valence-corrected chi connectivity index (χ2v) is 5.16. The van der Waals surface area contributed by atoms with Crippen molar-refractivity contribution in [1.82, 2.24) is 14.5 Å². The summed E-state index contributed by atoms with van der Waals surface area (Å²) in [5.74, 6) is 0.618. The summed E-state index contributed by atoms with van der Waals surface area (Å²) in [7, 11) is 2.15. The highest BCUT2D eigenvalue weighted by molar-refractivity contribution is 5.12. The molecule has 94 valence electrons. The van der Waals surface area contributed by atoms with E-state index in [2.05, 4.69) is 16.9 Å². The third-order valence-electron chi connectivity index (χ3n) is 3.81. The predicted octanol–water partition coefficient (Wildman–Crippen LogP) is 1.20. The Bertz CT molecular complexity index is 444. The van der Waals surface area contributed by atoms with Crippen molar-refractivity contribution in [1.29, 1.82) is 0 Å². The van der Waals surface area contributed by atoms with E-state index >= 15 is 0 Å². The second kappa shape index (κ2) is 5.00. The summed E-state index contributed by atoms with van der Waals surface area (Å²) < 4.78 is 1.78. The van der Waals surface area contributed by atoms with E-state index in [9.17, 15) is 4.79 Å². The van der Waals surface area contributed by atoms with Gasteiger partial charge in [-0.3, -0.25) is 9.36 Å². The Morgan fingerprint density at radius 3 is 2.65 bits per heavy atom. The molecule has 0 N–H and O–H groups in total. The van der Waals surface area contributed by atoms with Gasteiger partial charge < -0.3 is 4.90 Å². The van der Waals surface area contributed by atoms with Gasteiger partial charge in [-0.2, -0.15) is 0 Å². The molecule has 0 aromatic carbocycles. The Hall–Kier alpha value is -1.16. The van der Waals surface area contributed by atoms with Crippen LogP contribution in [0, 0.1) is 19.8 Å². The van der Waals surface area contributed by atoms with Gasteiger partial charge in [0.05, 0.1) is 6.33 Å². The van der Waals surface area contributed by atoms with Crippen LogP contribution in [0.2, 0.25) is 0 Å². The van der Waals surface area contributed by atoms with Gasteiger partial charge in [-0.1, -0.05) is 0 Å². The molecule has 0 radical (unpaired) electrons. The largest absolute Gasteiger partial charge is 0.306 e. The van der Waals surface area contributed by atoms with Gasteiger partial charge in [0.1, 0.15) is 0 Å². The smallest absolute Gasteiger partial charge is 0.256 e. The number of nitrogens with zero attached hydrogens (tertiary/aromatic N) is 3. The van der Waals surface area contributed by atoms with Crippen LogP contribution < -0.4 is 5.56 Å². The van der Waals surface area contributed by atoms with Crippen LogP contribution in [0.5, 0.6) is 0 Å². The minimum Gasteiger partial charge on any atom is -0.306 e.